The van der Waals surface area contributed by atoms with Crippen molar-refractivity contribution in [2.75, 3.05) is 6.54 Å². The summed E-state index contributed by atoms with van der Waals surface area (Å²) in [4.78, 5) is 19.5. The lowest BCUT2D eigenvalue weighted by Gasteiger charge is -2.18. The smallest absolute Gasteiger partial charge is 0.223 e. The van der Waals surface area contributed by atoms with Gasteiger partial charge in [0, 0.05) is 30.5 Å². The summed E-state index contributed by atoms with van der Waals surface area (Å²) in [5, 5.41) is 0.715. The van der Waals surface area contributed by atoms with E-state index in [4.69, 9.17) is 16.6 Å². The number of aromatic nitrogens is 2. The van der Waals surface area contributed by atoms with Gasteiger partial charge in [-0.15, -0.1) is 0 Å². The molecule has 0 unspecified atom stereocenters. The maximum absolute atomic E-state index is 13.2. The predicted molar refractivity (Wildman–Crippen MR) is 119 cm³/mol. The van der Waals surface area contributed by atoms with E-state index >= 15 is 0 Å². The third kappa shape index (κ3) is 3.93. The fourth-order valence-electron chi connectivity index (χ4n) is 4.28. The molecule has 4 aromatic rings. The number of hydrogen-bond donors (Lipinski definition) is 0. The van der Waals surface area contributed by atoms with Crippen molar-refractivity contribution in [1.82, 2.24) is 14.5 Å². The van der Waals surface area contributed by atoms with Crippen molar-refractivity contribution >= 4 is 28.5 Å². The van der Waals surface area contributed by atoms with Gasteiger partial charge in [-0.3, -0.25) is 4.79 Å². The summed E-state index contributed by atoms with van der Waals surface area (Å²) in [5.41, 5.74) is 3.87. The molecule has 3 aromatic carbocycles. The standard InChI is InChI=1S/C25H21ClFN3O/c26-21-6-2-1-5-18(21)16-30-23-8-4-3-7-22(23)28-25(30)19-13-24(31)29(15-19)14-17-9-11-20(27)12-10-17/h1-12,19H,13-16H2/t19-/m0/s1. The number of benzene rings is 3. The summed E-state index contributed by atoms with van der Waals surface area (Å²) in [6.07, 6.45) is 0.410. The molecule has 0 saturated carbocycles. The van der Waals surface area contributed by atoms with Gasteiger partial charge in [-0.1, -0.05) is 54.1 Å². The second-order valence-corrected chi connectivity index (χ2v) is 8.35. The molecule has 0 radical (unpaired) electrons. The summed E-state index contributed by atoms with van der Waals surface area (Å²) < 4.78 is 15.4. The van der Waals surface area contributed by atoms with Gasteiger partial charge in [0.05, 0.1) is 17.6 Å². The molecular weight excluding hydrogens is 413 g/mol. The van der Waals surface area contributed by atoms with Crippen molar-refractivity contribution in [2.24, 2.45) is 0 Å². The van der Waals surface area contributed by atoms with Gasteiger partial charge in [-0.2, -0.15) is 0 Å². The average molecular weight is 434 g/mol. The zero-order chi connectivity index (χ0) is 21.4. The molecule has 0 bridgehead atoms. The molecule has 5 rings (SSSR count). The summed E-state index contributed by atoms with van der Waals surface area (Å²) in [6.45, 7) is 1.65. The molecule has 31 heavy (non-hydrogen) atoms. The lowest BCUT2D eigenvalue weighted by Crippen LogP contribution is -2.24. The van der Waals surface area contributed by atoms with E-state index in [1.54, 1.807) is 12.1 Å². The third-order valence-corrected chi connectivity index (χ3v) is 6.21. The van der Waals surface area contributed by atoms with Crippen LogP contribution >= 0.6 is 11.6 Å². The van der Waals surface area contributed by atoms with Crippen molar-refractivity contribution < 1.29 is 9.18 Å². The van der Waals surface area contributed by atoms with Gasteiger partial charge >= 0.3 is 0 Å². The van der Waals surface area contributed by atoms with Gasteiger partial charge in [0.2, 0.25) is 5.91 Å². The van der Waals surface area contributed by atoms with Gasteiger partial charge in [0.15, 0.2) is 0 Å². The number of amides is 1. The maximum Gasteiger partial charge on any atom is 0.223 e. The highest BCUT2D eigenvalue weighted by Crippen LogP contribution is 2.32. The molecule has 1 atom stereocenters. The van der Waals surface area contributed by atoms with Crippen molar-refractivity contribution in [3.8, 4) is 0 Å². The SMILES string of the molecule is O=C1C[C@H](c2nc3ccccc3n2Cc2ccccc2Cl)CN1Cc1ccc(F)cc1. The second kappa shape index (κ2) is 8.16. The van der Waals surface area contributed by atoms with E-state index in [9.17, 15) is 9.18 Å². The number of rotatable bonds is 5. The van der Waals surface area contributed by atoms with Crippen LogP contribution in [0, 0.1) is 5.82 Å². The maximum atomic E-state index is 13.2. The highest BCUT2D eigenvalue weighted by Gasteiger charge is 2.34. The fraction of sp³-hybridized carbons (Fsp3) is 0.200. The van der Waals surface area contributed by atoms with Gasteiger partial charge in [0.25, 0.3) is 0 Å². The van der Waals surface area contributed by atoms with Crippen molar-refractivity contribution in [3.63, 3.8) is 0 Å². The van der Waals surface area contributed by atoms with E-state index in [0.717, 1.165) is 28.0 Å². The Labute approximate surface area is 184 Å². The number of halogens is 2. The first-order valence-electron chi connectivity index (χ1n) is 10.3. The molecular formula is C25H21ClFN3O. The summed E-state index contributed by atoms with van der Waals surface area (Å²) in [6, 6.07) is 22.1. The predicted octanol–water partition coefficient (Wildman–Crippen LogP) is 5.39. The highest BCUT2D eigenvalue weighted by molar-refractivity contribution is 6.31. The quantitative estimate of drug-likeness (QED) is 0.423. The second-order valence-electron chi connectivity index (χ2n) is 7.94. The lowest BCUT2D eigenvalue weighted by molar-refractivity contribution is -0.128. The third-order valence-electron chi connectivity index (χ3n) is 5.84. The van der Waals surface area contributed by atoms with Gasteiger partial charge in [-0.25, -0.2) is 9.37 Å². The van der Waals surface area contributed by atoms with Crippen LogP contribution in [0.1, 0.15) is 29.3 Å². The number of carbonyl (C=O) groups excluding carboxylic acids is 1. The Balaban J connectivity index is 1.46. The van der Waals surface area contributed by atoms with E-state index in [-0.39, 0.29) is 17.6 Å². The Morgan fingerprint density at radius 3 is 2.52 bits per heavy atom. The van der Waals surface area contributed by atoms with E-state index in [1.165, 1.54) is 12.1 Å². The minimum atomic E-state index is -0.275. The molecule has 6 heteroatoms. The Morgan fingerprint density at radius 1 is 0.968 bits per heavy atom. The molecule has 1 aliphatic heterocycles. The van der Waals surface area contributed by atoms with Gasteiger partial charge in [-0.05, 0) is 41.5 Å². The number of para-hydroxylation sites is 2. The van der Waals surface area contributed by atoms with Crippen LogP contribution in [0.3, 0.4) is 0 Å². The summed E-state index contributed by atoms with van der Waals surface area (Å²) in [7, 11) is 0. The molecule has 1 amide bonds. The number of carbonyl (C=O) groups is 1. The number of hydrogen-bond acceptors (Lipinski definition) is 2. The number of fused-ring (bicyclic) bond motifs is 1. The van der Waals surface area contributed by atoms with E-state index < -0.39 is 0 Å². The number of nitrogens with zero attached hydrogens (tertiary/aromatic N) is 3. The zero-order valence-electron chi connectivity index (χ0n) is 16.8. The molecule has 2 heterocycles. The van der Waals surface area contributed by atoms with Crippen LogP contribution in [0.25, 0.3) is 11.0 Å². The first-order valence-corrected chi connectivity index (χ1v) is 10.7. The van der Waals surface area contributed by atoms with Crippen LogP contribution in [0.2, 0.25) is 5.02 Å². The Bertz CT molecular complexity index is 1250. The molecule has 1 fully saturated rings. The number of likely N-dealkylation sites (tertiary alicyclic amines) is 1. The average Bonchev–Trinajstić information content (AvgIpc) is 3.32. The highest BCUT2D eigenvalue weighted by atomic mass is 35.5. The van der Waals surface area contributed by atoms with E-state index in [0.29, 0.717) is 31.1 Å². The molecule has 0 aliphatic carbocycles. The van der Waals surface area contributed by atoms with E-state index in [2.05, 4.69) is 10.6 Å². The van der Waals surface area contributed by atoms with Crippen LogP contribution in [0.4, 0.5) is 4.39 Å². The fourth-order valence-corrected chi connectivity index (χ4v) is 4.47. The van der Waals surface area contributed by atoms with Crippen LogP contribution in [0.15, 0.2) is 72.8 Å². The topological polar surface area (TPSA) is 38.1 Å². The van der Waals surface area contributed by atoms with Gasteiger partial charge in [0.1, 0.15) is 11.6 Å². The molecule has 156 valence electrons. The first kappa shape index (κ1) is 19.8. The van der Waals surface area contributed by atoms with Crippen molar-refractivity contribution in [2.45, 2.75) is 25.4 Å². The lowest BCUT2D eigenvalue weighted by atomic mass is 10.1. The normalized spacial score (nSPS) is 16.4. The summed E-state index contributed by atoms with van der Waals surface area (Å²) >= 11 is 6.43. The largest absolute Gasteiger partial charge is 0.338 e. The first-order chi connectivity index (χ1) is 15.1. The van der Waals surface area contributed by atoms with Crippen molar-refractivity contribution in [1.29, 1.82) is 0 Å². The Kier molecular flexibility index (Phi) is 5.20. The molecule has 1 aromatic heterocycles. The Hall–Kier alpha value is -3.18. The monoisotopic (exact) mass is 433 g/mol. The zero-order valence-corrected chi connectivity index (χ0v) is 17.6. The minimum Gasteiger partial charge on any atom is -0.338 e. The van der Waals surface area contributed by atoms with Crippen LogP contribution < -0.4 is 0 Å². The van der Waals surface area contributed by atoms with Crippen LogP contribution in [-0.4, -0.2) is 26.9 Å². The van der Waals surface area contributed by atoms with Gasteiger partial charge < -0.3 is 9.47 Å². The minimum absolute atomic E-state index is 0.0113. The molecule has 0 N–H and O–H groups in total. The Morgan fingerprint density at radius 2 is 1.71 bits per heavy atom. The molecule has 1 aliphatic rings. The van der Waals surface area contributed by atoms with Crippen LogP contribution in [0.5, 0.6) is 0 Å². The number of imidazole rings is 1. The molecule has 4 nitrogen and oxygen atoms in total. The molecule has 0 spiro atoms. The summed E-state index contributed by atoms with van der Waals surface area (Å²) in [5.74, 6) is 0.701. The van der Waals surface area contributed by atoms with Crippen LogP contribution in [-0.2, 0) is 17.9 Å². The van der Waals surface area contributed by atoms with E-state index in [1.807, 2.05) is 47.4 Å². The molecule has 1 saturated heterocycles. The van der Waals surface area contributed by atoms with Crippen molar-refractivity contribution in [3.05, 3.63) is 101 Å².